The van der Waals surface area contributed by atoms with Crippen LogP contribution in [0.4, 0.5) is 0 Å². The summed E-state index contributed by atoms with van der Waals surface area (Å²) < 4.78 is 5.80. The van der Waals surface area contributed by atoms with E-state index >= 15 is 0 Å². The van der Waals surface area contributed by atoms with Crippen molar-refractivity contribution in [3.8, 4) is 0 Å². The Labute approximate surface area is 162 Å². The Morgan fingerprint density at radius 3 is 2.48 bits per heavy atom. The van der Waals surface area contributed by atoms with Crippen LogP contribution in [-0.2, 0) is 14.3 Å². The summed E-state index contributed by atoms with van der Waals surface area (Å²) in [5.41, 5.74) is -1.80. The number of esters is 1. The van der Waals surface area contributed by atoms with Crippen molar-refractivity contribution in [2.24, 2.45) is 16.7 Å². The highest BCUT2D eigenvalue weighted by molar-refractivity contribution is 5.82. The highest BCUT2D eigenvalue weighted by Crippen LogP contribution is 2.61. The molecule has 4 heteroatoms. The van der Waals surface area contributed by atoms with Crippen LogP contribution in [0.15, 0.2) is 48.1 Å². The van der Waals surface area contributed by atoms with Gasteiger partial charge in [0, 0.05) is 17.4 Å². The lowest BCUT2D eigenvalue weighted by Gasteiger charge is -2.60. The number of rotatable bonds is 5. The third-order valence-electron chi connectivity index (χ3n) is 6.44. The molecule has 2 aliphatic rings. The largest absolute Gasteiger partial charge is 0.455 e. The number of carbonyl (C=O) groups excluding carboxylic acids is 2. The van der Waals surface area contributed by atoms with Gasteiger partial charge in [-0.2, -0.15) is 0 Å². The Kier molecular flexibility index (Phi) is 6.31. The van der Waals surface area contributed by atoms with Crippen LogP contribution in [0.3, 0.4) is 0 Å². The molecule has 0 bridgehead atoms. The van der Waals surface area contributed by atoms with Crippen LogP contribution in [0.2, 0.25) is 0 Å². The second-order valence-corrected chi connectivity index (χ2v) is 8.64. The maximum atomic E-state index is 12.3. The Hall–Kier alpha value is -1.94. The van der Waals surface area contributed by atoms with Crippen LogP contribution in [0, 0.1) is 16.7 Å². The van der Waals surface area contributed by atoms with E-state index in [4.69, 9.17) is 4.74 Å². The average molecular weight is 373 g/mol. The molecule has 148 valence electrons. The normalized spacial score (nSPS) is 36.0. The molecule has 0 radical (unpaired) electrons. The van der Waals surface area contributed by atoms with Crippen molar-refractivity contribution < 1.29 is 19.4 Å². The monoisotopic (exact) mass is 372 g/mol. The SMILES string of the molecule is C/C=C/C=C/C=C/C(=O)O[C@@H]1C=C(C)C(O)(C=O)[C@@]2(C)CCCC(C)(C)[C@H]12. The summed E-state index contributed by atoms with van der Waals surface area (Å²) in [6, 6.07) is 0. The van der Waals surface area contributed by atoms with E-state index in [1.807, 2.05) is 32.1 Å². The fourth-order valence-electron chi connectivity index (χ4n) is 5.12. The molecule has 1 unspecified atom stereocenters. The summed E-state index contributed by atoms with van der Waals surface area (Å²) in [5.74, 6) is -0.567. The van der Waals surface area contributed by atoms with Crippen molar-refractivity contribution in [2.45, 2.75) is 65.6 Å². The highest BCUT2D eigenvalue weighted by Gasteiger charge is 2.63. The van der Waals surface area contributed by atoms with Crippen molar-refractivity contribution in [1.29, 1.82) is 0 Å². The fraction of sp³-hybridized carbons (Fsp3) is 0.565. The van der Waals surface area contributed by atoms with Crippen LogP contribution < -0.4 is 0 Å². The van der Waals surface area contributed by atoms with E-state index in [0.29, 0.717) is 11.9 Å². The number of ether oxygens (including phenoxy) is 1. The van der Waals surface area contributed by atoms with E-state index < -0.39 is 23.1 Å². The number of fused-ring (bicyclic) bond motifs is 1. The van der Waals surface area contributed by atoms with E-state index in [1.165, 1.54) is 6.08 Å². The minimum Gasteiger partial charge on any atom is -0.455 e. The molecule has 0 heterocycles. The zero-order valence-electron chi connectivity index (χ0n) is 17.1. The van der Waals surface area contributed by atoms with Crippen molar-refractivity contribution >= 4 is 12.3 Å². The van der Waals surface area contributed by atoms with Gasteiger partial charge in [0.1, 0.15) is 11.7 Å². The Morgan fingerprint density at radius 2 is 1.85 bits per heavy atom. The molecular formula is C23H32O4. The topological polar surface area (TPSA) is 63.6 Å². The van der Waals surface area contributed by atoms with E-state index in [2.05, 4.69) is 13.8 Å². The first kappa shape index (κ1) is 21.4. The zero-order chi connectivity index (χ0) is 20.3. The molecule has 2 rings (SSSR count). The summed E-state index contributed by atoms with van der Waals surface area (Å²) in [5, 5.41) is 11.2. The summed E-state index contributed by atoms with van der Waals surface area (Å²) in [7, 11) is 0. The van der Waals surface area contributed by atoms with Crippen LogP contribution in [0.25, 0.3) is 0 Å². The molecule has 1 fully saturated rings. The maximum absolute atomic E-state index is 12.3. The van der Waals surface area contributed by atoms with Crippen molar-refractivity contribution in [2.75, 3.05) is 0 Å². The minimum absolute atomic E-state index is 0.145. The van der Waals surface area contributed by atoms with Gasteiger partial charge in [-0.25, -0.2) is 4.79 Å². The Morgan fingerprint density at radius 1 is 1.19 bits per heavy atom. The van der Waals surface area contributed by atoms with E-state index in [-0.39, 0.29) is 11.3 Å². The van der Waals surface area contributed by atoms with Gasteiger partial charge in [0.25, 0.3) is 0 Å². The molecule has 1 N–H and O–H groups in total. The van der Waals surface area contributed by atoms with Crippen molar-refractivity contribution in [3.05, 3.63) is 48.1 Å². The molecule has 4 nitrogen and oxygen atoms in total. The highest BCUT2D eigenvalue weighted by atomic mass is 16.5. The van der Waals surface area contributed by atoms with E-state index in [9.17, 15) is 14.7 Å². The van der Waals surface area contributed by atoms with Crippen molar-refractivity contribution in [1.82, 2.24) is 0 Å². The molecule has 0 aliphatic heterocycles. The summed E-state index contributed by atoms with van der Waals surface area (Å²) in [6.45, 7) is 9.88. The first-order valence-electron chi connectivity index (χ1n) is 9.66. The smallest absolute Gasteiger partial charge is 0.331 e. The predicted octanol–water partition coefficient (Wildman–Crippen LogP) is 4.31. The second kappa shape index (κ2) is 7.97. The van der Waals surface area contributed by atoms with Crippen LogP contribution in [0.5, 0.6) is 0 Å². The quantitative estimate of drug-likeness (QED) is 0.257. The van der Waals surface area contributed by atoms with Gasteiger partial charge in [0.2, 0.25) is 0 Å². The fourth-order valence-corrected chi connectivity index (χ4v) is 5.12. The first-order chi connectivity index (χ1) is 12.6. The molecular weight excluding hydrogens is 340 g/mol. The third kappa shape index (κ3) is 3.86. The molecule has 0 aromatic carbocycles. The minimum atomic E-state index is -1.52. The Bertz CT molecular complexity index is 697. The van der Waals surface area contributed by atoms with Crippen LogP contribution >= 0.6 is 0 Å². The van der Waals surface area contributed by atoms with Gasteiger partial charge < -0.3 is 9.84 Å². The molecule has 0 spiro atoms. The average Bonchev–Trinajstić information content (AvgIpc) is 2.58. The lowest BCUT2D eigenvalue weighted by molar-refractivity contribution is -0.184. The maximum Gasteiger partial charge on any atom is 0.331 e. The number of aliphatic hydroxyl groups is 1. The predicted molar refractivity (Wildman–Crippen MR) is 107 cm³/mol. The van der Waals surface area contributed by atoms with Crippen LogP contribution in [-0.4, -0.2) is 29.1 Å². The van der Waals surface area contributed by atoms with Gasteiger partial charge in [-0.15, -0.1) is 0 Å². The molecule has 0 aromatic rings. The molecule has 27 heavy (non-hydrogen) atoms. The molecule has 0 amide bonds. The van der Waals surface area contributed by atoms with Crippen molar-refractivity contribution in [3.63, 3.8) is 0 Å². The number of hydrogen-bond acceptors (Lipinski definition) is 4. The lowest BCUT2D eigenvalue weighted by atomic mass is 9.46. The molecule has 0 aromatic heterocycles. The number of aldehydes is 1. The van der Waals surface area contributed by atoms with E-state index in [1.54, 1.807) is 25.2 Å². The van der Waals surface area contributed by atoms with Gasteiger partial charge in [-0.3, -0.25) is 4.79 Å². The Balaban J connectivity index is 2.35. The van der Waals surface area contributed by atoms with E-state index in [0.717, 1.165) is 19.3 Å². The summed E-state index contributed by atoms with van der Waals surface area (Å²) in [4.78, 5) is 24.2. The first-order valence-corrected chi connectivity index (χ1v) is 9.66. The number of carbonyl (C=O) groups is 2. The zero-order valence-corrected chi connectivity index (χ0v) is 17.1. The summed E-state index contributed by atoms with van der Waals surface area (Å²) in [6.07, 6.45) is 15.0. The van der Waals surface area contributed by atoms with Gasteiger partial charge in [0.05, 0.1) is 0 Å². The summed E-state index contributed by atoms with van der Waals surface area (Å²) >= 11 is 0. The molecule has 2 aliphatic carbocycles. The third-order valence-corrected chi connectivity index (χ3v) is 6.44. The molecule has 1 saturated carbocycles. The van der Waals surface area contributed by atoms with Gasteiger partial charge in [0.15, 0.2) is 6.29 Å². The number of allylic oxidation sites excluding steroid dienone is 5. The van der Waals surface area contributed by atoms with Gasteiger partial charge >= 0.3 is 5.97 Å². The van der Waals surface area contributed by atoms with Gasteiger partial charge in [-0.1, -0.05) is 57.6 Å². The molecule has 0 saturated heterocycles. The number of hydrogen-bond donors (Lipinski definition) is 1. The van der Waals surface area contributed by atoms with Gasteiger partial charge in [-0.05, 0) is 43.8 Å². The molecule has 4 atom stereocenters. The second-order valence-electron chi connectivity index (χ2n) is 8.64. The lowest BCUT2D eigenvalue weighted by Crippen LogP contribution is -2.63. The standard InChI is InChI=1S/C23H32O4/c1-6-7-8-9-10-12-19(25)27-18-15-17(2)23(26,16-24)22(5)14-11-13-21(3,4)20(18)22/h6-10,12,15-16,18,20,26H,11,13-14H2,1-5H3/b7-6+,9-8+,12-10+/t18-,20+,22+,23?/m1/s1. The van der Waals surface area contributed by atoms with Crippen LogP contribution in [0.1, 0.15) is 53.9 Å².